The quantitative estimate of drug-likeness (QED) is 0.791. The predicted octanol–water partition coefficient (Wildman–Crippen LogP) is 1.66. The third kappa shape index (κ3) is 2.82. The largest absolute Gasteiger partial charge is 0.461 e. The minimum atomic E-state index is -0.400. The maximum atomic E-state index is 11.6. The van der Waals surface area contributed by atoms with E-state index in [1.54, 1.807) is 24.8 Å². The number of carbonyl (C=O) groups is 1. The minimum Gasteiger partial charge on any atom is -0.461 e. The van der Waals surface area contributed by atoms with Gasteiger partial charge in [-0.3, -0.25) is 5.10 Å². The molecule has 0 amide bonds. The number of carbonyl (C=O) groups excluding carboxylic acids is 1. The first-order valence-corrected chi connectivity index (χ1v) is 6.01. The normalized spacial score (nSPS) is 10.2. The average molecular weight is 252 g/mol. The van der Waals surface area contributed by atoms with Crippen LogP contribution in [0.1, 0.15) is 23.0 Å². The van der Waals surface area contributed by atoms with Crippen molar-refractivity contribution in [2.75, 3.05) is 11.9 Å². The molecule has 2 aromatic rings. The topological polar surface area (TPSA) is 79.9 Å². The number of rotatable bonds is 5. The monoisotopic (exact) mass is 252 g/mol. The number of H-pyrrole nitrogens is 1. The lowest BCUT2D eigenvalue weighted by molar-refractivity contribution is 0.0521. The molecule has 2 heterocycles. The van der Waals surface area contributed by atoms with Crippen molar-refractivity contribution >= 4 is 22.3 Å². The molecule has 0 aliphatic heterocycles. The highest BCUT2D eigenvalue weighted by molar-refractivity contribution is 7.14. The van der Waals surface area contributed by atoms with Crippen LogP contribution >= 0.6 is 11.3 Å². The highest BCUT2D eigenvalue weighted by Gasteiger charge is 2.15. The van der Waals surface area contributed by atoms with Gasteiger partial charge in [0.15, 0.2) is 5.69 Å². The molecule has 0 bridgehead atoms. The van der Waals surface area contributed by atoms with Gasteiger partial charge in [-0.1, -0.05) is 0 Å². The molecular weight excluding hydrogens is 240 g/mol. The van der Waals surface area contributed by atoms with Gasteiger partial charge in [0, 0.05) is 18.3 Å². The standard InChI is InChI=1S/C10H12N4O2S/c1-2-16-10(15)8-9(17-6-12-8)11-3-7-4-13-14-5-7/h4-6,11H,2-3H2,1H3,(H,13,14). The van der Waals surface area contributed by atoms with Crippen molar-refractivity contribution in [1.82, 2.24) is 15.2 Å². The Labute approximate surface area is 102 Å². The summed E-state index contributed by atoms with van der Waals surface area (Å²) in [5.41, 5.74) is 2.96. The molecular formula is C10H12N4O2S. The minimum absolute atomic E-state index is 0.334. The average Bonchev–Trinajstić information content (AvgIpc) is 2.98. The molecule has 17 heavy (non-hydrogen) atoms. The summed E-state index contributed by atoms with van der Waals surface area (Å²) in [6, 6.07) is 0. The first-order valence-electron chi connectivity index (χ1n) is 5.13. The van der Waals surface area contributed by atoms with E-state index in [-0.39, 0.29) is 0 Å². The third-order valence-electron chi connectivity index (χ3n) is 2.04. The van der Waals surface area contributed by atoms with Crippen molar-refractivity contribution in [1.29, 1.82) is 0 Å². The fourth-order valence-electron chi connectivity index (χ4n) is 1.27. The molecule has 2 aromatic heterocycles. The maximum absolute atomic E-state index is 11.6. The van der Waals surface area contributed by atoms with E-state index in [4.69, 9.17) is 4.74 Å². The molecule has 0 aromatic carbocycles. The number of hydrogen-bond acceptors (Lipinski definition) is 6. The molecule has 0 atom stereocenters. The Hall–Kier alpha value is -1.89. The van der Waals surface area contributed by atoms with Crippen molar-refractivity contribution < 1.29 is 9.53 Å². The van der Waals surface area contributed by atoms with Crippen LogP contribution in [0.3, 0.4) is 0 Å². The zero-order valence-electron chi connectivity index (χ0n) is 9.27. The van der Waals surface area contributed by atoms with E-state index in [1.165, 1.54) is 11.3 Å². The van der Waals surface area contributed by atoms with Gasteiger partial charge < -0.3 is 10.1 Å². The summed E-state index contributed by atoms with van der Waals surface area (Å²) in [6.07, 6.45) is 3.51. The van der Waals surface area contributed by atoms with Crippen molar-refractivity contribution in [2.24, 2.45) is 0 Å². The summed E-state index contributed by atoms with van der Waals surface area (Å²) in [7, 11) is 0. The van der Waals surface area contributed by atoms with Crippen LogP contribution in [-0.2, 0) is 11.3 Å². The van der Waals surface area contributed by atoms with E-state index in [1.807, 2.05) is 0 Å². The van der Waals surface area contributed by atoms with Gasteiger partial charge in [0.1, 0.15) is 5.00 Å². The number of aromatic amines is 1. The number of ether oxygens (including phenoxy) is 1. The van der Waals surface area contributed by atoms with E-state index >= 15 is 0 Å². The van der Waals surface area contributed by atoms with Crippen LogP contribution in [0.25, 0.3) is 0 Å². The molecule has 0 unspecified atom stereocenters. The number of anilines is 1. The second kappa shape index (κ2) is 5.44. The Kier molecular flexibility index (Phi) is 3.71. The Bertz CT molecular complexity index is 480. The van der Waals surface area contributed by atoms with Gasteiger partial charge >= 0.3 is 5.97 Å². The lowest BCUT2D eigenvalue weighted by Gasteiger charge is -2.04. The van der Waals surface area contributed by atoms with Crippen LogP contribution in [0, 0.1) is 0 Å². The molecule has 0 spiro atoms. The van der Waals surface area contributed by atoms with Crippen LogP contribution in [0.2, 0.25) is 0 Å². The highest BCUT2D eigenvalue weighted by atomic mass is 32.1. The van der Waals surface area contributed by atoms with Gasteiger partial charge in [0.25, 0.3) is 0 Å². The van der Waals surface area contributed by atoms with Crippen LogP contribution in [0.15, 0.2) is 17.9 Å². The number of hydrogen-bond donors (Lipinski definition) is 2. The first-order chi connectivity index (χ1) is 8.31. The summed E-state index contributed by atoms with van der Waals surface area (Å²) in [4.78, 5) is 15.5. The lowest BCUT2D eigenvalue weighted by atomic mass is 10.3. The molecule has 0 radical (unpaired) electrons. The summed E-state index contributed by atoms with van der Waals surface area (Å²) in [6.45, 7) is 2.70. The van der Waals surface area contributed by atoms with Crippen LogP contribution < -0.4 is 5.32 Å². The SMILES string of the molecule is CCOC(=O)c1ncsc1NCc1cn[nH]c1. The van der Waals surface area contributed by atoms with Crippen molar-refractivity contribution in [3.05, 3.63) is 29.2 Å². The molecule has 0 saturated carbocycles. The highest BCUT2D eigenvalue weighted by Crippen LogP contribution is 2.21. The second-order valence-corrected chi connectivity index (χ2v) is 4.07. The van der Waals surface area contributed by atoms with Crippen molar-refractivity contribution in [3.63, 3.8) is 0 Å². The maximum Gasteiger partial charge on any atom is 0.360 e. The molecule has 90 valence electrons. The Morgan fingerprint density at radius 3 is 3.24 bits per heavy atom. The summed E-state index contributed by atoms with van der Waals surface area (Å²) >= 11 is 1.37. The number of nitrogens with one attached hydrogen (secondary N) is 2. The molecule has 7 heteroatoms. The first kappa shape index (κ1) is 11.6. The van der Waals surface area contributed by atoms with E-state index < -0.39 is 5.97 Å². The van der Waals surface area contributed by atoms with E-state index in [2.05, 4.69) is 20.5 Å². The molecule has 2 rings (SSSR count). The van der Waals surface area contributed by atoms with Gasteiger partial charge in [-0.15, -0.1) is 11.3 Å². The number of nitrogens with zero attached hydrogens (tertiary/aromatic N) is 2. The zero-order chi connectivity index (χ0) is 12.1. The number of esters is 1. The van der Waals surface area contributed by atoms with Gasteiger partial charge in [-0.25, -0.2) is 9.78 Å². The molecule has 0 aliphatic rings. The fraction of sp³-hybridized carbons (Fsp3) is 0.300. The van der Waals surface area contributed by atoms with Crippen LogP contribution in [-0.4, -0.2) is 27.8 Å². The molecule has 0 saturated heterocycles. The van der Waals surface area contributed by atoms with E-state index in [9.17, 15) is 4.79 Å². The zero-order valence-corrected chi connectivity index (χ0v) is 10.1. The Morgan fingerprint density at radius 1 is 1.65 bits per heavy atom. The van der Waals surface area contributed by atoms with Crippen molar-refractivity contribution in [3.8, 4) is 0 Å². The second-order valence-electron chi connectivity index (χ2n) is 3.21. The third-order valence-corrected chi connectivity index (χ3v) is 2.83. The van der Waals surface area contributed by atoms with E-state index in [0.29, 0.717) is 23.8 Å². The summed E-state index contributed by atoms with van der Waals surface area (Å²) < 4.78 is 4.91. The molecule has 6 nitrogen and oxygen atoms in total. The predicted molar refractivity (Wildman–Crippen MR) is 64.0 cm³/mol. The fourth-order valence-corrected chi connectivity index (χ4v) is 1.94. The summed E-state index contributed by atoms with van der Waals surface area (Å²) in [5.74, 6) is -0.400. The van der Waals surface area contributed by atoms with Crippen LogP contribution in [0.4, 0.5) is 5.00 Å². The summed E-state index contributed by atoms with van der Waals surface area (Å²) in [5, 5.41) is 10.4. The smallest absolute Gasteiger partial charge is 0.360 e. The lowest BCUT2D eigenvalue weighted by Crippen LogP contribution is -2.08. The van der Waals surface area contributed by atoms with Crippen molar-refractivity contribution in [2.45, 2.75) is 13.5 Å². The molecule has 2 N–H and O–H groups in total. The number of thiazole rings is 1. The Balaban J connectivity index is 2.01. The van der Waals surface area contributed by atoms with Gasteiger partial charge in [-0.05, 0) is 6.92 Å². The number of aromatic nitrogens is 3. The molecule has 0 aliphatic carbocycles. The van der Waals surface area contributed by atoms with Gasteiger partial charge in [0.2, 0.25) is 0 Å². The van der Waals surface area contributed by atoms with Gasteiger partial charge in [-0.2, -0.15) is 5.10 Å². The molecule has 0 fully saturated rings. The Morgan fingerprint density at radius 2 is 2.53 bits per heavy atom. The van der Waals surface area contributed by atoms with Crippen LogP contribution in [0.5, 0.6) is 0 Å². The van der Waals surface area contributed by atoms with E-state index in [0.717, 1.165) is 5.56 Å². The van der Waals surface area contributed by atoms with Gasteiger partial charge in [0.05, 0.1) is 18.3 Å².